The van der Waals surface area contributed by atoms with Crippen molar-refractivity contribution in [3.63, 3.8) is 0 Å². The lowest BCUT2D eigenvalue weighted by atomic mass is 10.1. The number of rotatable bonds is 5. The molecular formula is C22H15Br2Cl2NO2S. The van der Waals surface area contributed by atoms with Crippen LogP contribution in [0.5, 0.6) is 5.75 Å². The van der Waals surface area contributed by atoms with E-state index in [2.05, 4.69) is 31.9 Å². The van der Waals surface area contributed by atoms with E-state index in [1.54, 1.807) is 28.8 Å². The Labute approximate surface area is 205 Å². The second-order valence-electron chi connectivity index (χ2n) is 6.60. The molecule has 154 valence electrons. The largest absolute Gasteiger partial charge is 0.486 e. The second-order valence-corrected chi connectivity index (χ2v) is 10.2. The van der Waals surface area contributed by atoms with Crippen LogP contribution in [0.2, 0.25) is 10.0 Å². The Morgan fingerprint density at radius 1 is 1.03 bits per heavy atom. The molecule has 1 amide bonds. The molecule has 0 N–H and O–H groups in total. The van der Waals surface area contributed by atoms with Crippen LogP contribution in [0.4, 0.5) is 5.69 Å². The maximum Gasteiger partial charge on any atom is 0.238 e. The molecular weight excluding hydrogens is 573 g/mol. The molecule has 0 unspecified atom stereocenters. The molecule has 1 aliphatic rings. The number of carbonyl (C=O) groups is 1. The summed E-state index contributed by atoms with van der Waals surface area (Å²) in [5.74, 6) is 1.18. The van der Waals surface area contributed by atoms with Gasteiger partial charge in [-0.3, -0.25) is 9.69 Å². The Balaban J connectivity index is 1.59. The van der Waals surface area contributed by atoms with E-state index in [1.807, 2.05) is 48.5 Å². The molecule has 30 heavy (non-hydrogen) atoms. The highest BCUT2D eigenvalue weighted by Crippen LogP contribution is 2.45. The predicted octanol–water partition coefficient (Wildman–Crippen LogP) is 7.88. The van der Waals surface area contributed by atoms with Gasteiger partial charge in [-0.2, -0.15) is 0 Å². The Morgan fingerprint density at radius 2 is 1.70 bits per heavy atom. The summed E-state index contributed by atoms with van der Waals surface area (Å²) in [6, 6.07) is 18.9. The highest BCUT2D eigenvalue weighted by atomic mass is 79.9. The smallest absolute Gasteiger partial charge is 0.238 e. The summed E-state index contributed by atoms with van der Waals surface area (Å²) in [5.41, 5.74) is 2.73. The highest BCUT2D eigenvalue weighted by molar-refractivity contribution is 9.11. The minimum atomic E-state index is -0.135. The Hall–Kier alpha value is -1.18. The standard InChI is InChI=1S/C22H15Br2Cl2NO2S/c23-17-9-14(10-18(24)21(17)29-11-13-3-1-2-4-19(13)26)22-27(20(28)12-30-22)16-7-5-15(25)6-8-16/h1-10,22H,11-12H2/t22-/m1/s1. The summed E-state index contributed by atoms with van der Waals surface area (Å²) in [6.45, 7) is 0.351. The number of anilines is 1. The molecule has 8 heteroatoms. The lowest BCUT2D eigenvalue weighted by Crippen LogP contribution is -2.27. The zero-order chi connectivity index (χ0) is 21.3. The summed E-state index contributed by atoms with van der Waals surface area (Å²) < 4.78 is 7.62. The number of amides is 1. The van der Waals surface area contributed by atoms with Gasteiger partial charge in [0.2, 0.25) is 5.91 Å². The first-order chi connectivity index (χ1) is 14.4. The quantitative estimate of drug-likeness (QED) is 0.304. The van der Waals surface area contributed by atoms with Crippen LogP contribution in [0.3, 0.4) is 0 Å². The monoisotopic (exact) mass is 585 g/mol. The van der Waals surface area contributed by atoms with Gasteiger partial charge >= 0.3 is 0 Å². The molecule has 1 aliphatic heterocycles. The fraction of sp³-hybridized carbons (Fsp3) is 0.136. The van der Waals surface area contributed by atoms with Crippen LogP contribution in [-0.4, -0.2) is 11.7 Å². The van der Waals surface area contributed by atoms with Crippen LogP contribution in [0, 0.1) is 0 Å². The number of benzene rings is 3. The SMILES string of the molecule is O=C1CS[C@H](c2cc(Br)c(OCc3ccccc3Cl)c(Br)c2)N1c1ccc(Cl)cc1. The van der Waals surface area contributed by atoms with E-state index in [0.717, 1.165) is 25.8 Å². The predicted molar refractivity (Wildman–Crippen MR) is 132 cm³/mol. The Bertz CT molecular complexity index is 1070. The maximum absolute atomic E-state index is 12.6. The number of halogens is 4. The zero-order valence-electron chi connectivity index (χ0n) is 15.4. The summed E-state index contributed by atoms with van der Waals surface area (Å²) in [5, 5.41) is 1.17. The van der Waals surface area contributed by atoms with Gasteiger partial charge in [0.15, 0.2) is 0 Å². The van der Waals surface area contributed by atoms with Crippen molar-refractivity contribution in [1.82, 2.24) is 0 Å². The third-order valence-electron chi connectivity index (χ3n) is 4.61. The molecule has 0 bridgehead atoms. The molecule has 1 atom stereocenters. The summed E-state index contributed by atoms with van der Waals surface area (Å²) in [7, 11) is 0. The van der Waals surface area contributed by atoms with Crippen molar-refractivity contribution in [2.75, 3.05) is 10.7 Å². The lowest BCUT2D eigenvalue weighted by molar-refractivity contribution is -0.115. The molecule has 4 rings (SSSR count). The van der Waals surface area contributed by atoms with Gasteiger partial charge in [-0.25, -0.2) is 0 Å². The van der Waals surface area contributed by atoms with E-state index >= 15 is 0 Å². The Kier molecular flexibility index (Phi) is 7.00. The van der Waals surface area contributed by atoms with Crippen molar-refractivity contribution in [3.05, 3.63) is 90.8 Å². The van der Waals surface area contributed by atoms with Gasteiger partial charge in [-0.15, -0.1) is 11.8 Å². The van der Waals surface area contributed by atoms with E-state index in [0.29, 0.717) is 28.2 Å². The Morgan fingerprint density at radius 3 is 2.37 bits per heavy atom. The fourth-order valence-corrected chi connectivity index (χ4v) is 6.10. The van der Waals surface area contributed by atoms with Gasteiger partial charge in [-0.1, -0.05) is 41.4 Å². The third kappa shape index (κ3) is 4.68. The van der Waals surface area contributed by atoms with E-state index in [4.69, 9.17) is 27.9 Å². The van der Waals surface area contributed by atoms with Crippen molar-refractivity contribution in [1.29, 1.82) is 0 Å². The molecule has 1 saturated heterocycles. The average molecular weight is 588 g/mol. The molecule has 0 aromatic heterocycles. The first-order valence-electron chi connectivity index (χ1n) is 8.98. The zero-order valence-corrected chi connectivity index (χ0v) is 20.9. The van der Waals surface area contributed by atoms with Crippen LogP contribution >= 0.6 is 66.8 Å². The number of hydrogen-bond donors (Lipinski definition) is 0. The van der Waals surface area contributed by atoms with Gasteiger partial charge in [0.25, 0.3) is 0 Å². The maximum atomic E-state index is 12.6. The van der Waals surface area contributed by atoms with Crippen molar-refractivity contribution < 1.29 is 9.53 Å². The van der Waals surface area contributed by atoms with Crippen molar-refractivity contribution in [3.8, 4) is 5.75 Å². The van der Waals surface area contributed by atoms with Crippen LogP contribution in [0.25, 0.3) is 0 Å². The fourth-order valence-electron chi connectivity index (χ4n) is 3.18. The van der Waals surface area contributed by atoms with Gasteiger partial charge < -0.3 is 4.74 Å². The molecule has 3 aromatic rings. The van der Waals surface area contributed by atoms with Crippen molar-refractivity contribution in [2.24, 2.45) is 0 Å². The molecule has 3 nitrogen and oxygen atoms in total. The number of carbonyl (C=O) groups excluding carboxylic acids is 1. The van der Waals surface area contributed by atoms with Crippen LogP contribution < -0.4 is 9.64 Å². The minimum absolute atomic E-state index is 0.0682. The van der Waals surface area contributed by atoms with E-state index < -0.39 is 0 Å². The topological polar surface area (TPSA) is 29.5 Å². The molecule has 1 fully saturated rings. The van der Waals surface area contributed by atoms with E-state index in [9.17, 15) is 4.79 Å². The summed E-state index contributed by atoms with van der Waals surface area (Å²) in [4.78, 5) is 14.4. The lowest BCUT2D eigenvalue weighted by Gasteiger charge is -2.25. The first kappa shape index (κ1) is 22.0. The second kappa shape index (κ2) is 9.53. The average Bonchev–Trinajstić information content (AvgIpc) is 3.10. The van der Waals surface area contributed by atoms with Gasteiger partial charge in [0, 0.05) is 21.3 Å². The highest BCUT2D eigenvalue weighted by Gasteiger charge is 2.34. The van der Waals surface area contributed by atoms with Gasteiger partial charge in [-0.05, 0) is 79.9 Å². The van der Waals surface area contributed by atoms with Crippen LogP contribution in [0.1, 0.15) is 16.5 Å². The first-order valence-corrected chi connectivity index (χ1v) is 12.4. The van der Waals surface area contributed by atoms with Crippen LogP contribution in [0.15, 0.2) is 69.6 Å². The van der Waals surface area contributed by atoms with E-state index in [-0.39, 0.29) is 11.3 Å². The minimum Gasteiger partial charge on any atom is -0.486 e. The molecule has 0 aliphatic carbocycles. The number of hydrogen-bond acceptors (Lipinski definition) is 3. The van der Waals surface area contributed by atoms with E-state index in [1.165, 1.54) is 0 Å². The molecule has 0 saturated carbocycles. The number of ether oxygens (including phenoxy) is 1. The molecule has 1 heterocycles. The van der Waals surface area contributed by atoms with Gasteiger partial charge in [0.1, 0.15) is 17.7 Å². The molecule has 0 radical (unpaired) electrons. The summed E-state index contributed by atoms with van der Waals surface area (Å²) in [6.07, 6.45) is 0. The summed E-state index contributed by atoms with van der Waals surface area (Å²) >= 11 is 21.1. The molecule has 0 spiro atoms. The van der Waals surface area contributed by atoms with Crippen molar-refractivity contribution >= 4 is 78.4 Å². The number of thioether (sulfide) groups is 1. The van der Waals surface area contributed by atoms with Crippen LogP contribution in [-0.2, 0) is 11.4 Å². The third-order valence-corrected chi connectivity index (χ3v) is 7.62. The molecule has 3 aromatic carbocycles. The van der Waals surface area contributed by atoms with Gasteiger partial charge in [0.05, 0.1) is 14.7 Å². The number of nitrogens with zero attached hydrogens (tertiary/aromatic N) is 1. The normalized spacial score (nSPS) is 16.2. The van der Waals surface area contributed by atoms with Crippen molar-refractivity contribution in [2.45, 2.75) is 12.0 Å².